The molecule has 1 aromatic carbocycles. The Labute approximate surface area is 166 Å². The standard InChI is InChI=1S/C22H18N6O/c1-12-16(10-24-11-17(12)22(29)23-2)14-7-15-20(27-28-21(15)25-9-14)19-8-13-5-3-4-6-18(13)26-19/h3-11,26H,1-2H3,(H,23,29)(H,25,27,28). The summed E-state index contributed by atoms with van der Waals surface area (Å²) in [5, 5.41) is 12.1. The molecular weight excluding hydrogens is 364 g/mol. The van der Waals surface area contributed by atoms with Gasteiger partial charge in [-0.15, -0.1) is 0 Å². The molecule has 4 heterocycles. The van der Waals surface area contributed by atoms with Crippen LogP contribution in [0.15, 0.2) is 55.0 Å². The van der Waals surface area contributed by atoms with Crippen molar-refractivity contribution in [3.8, 4) is 22.5 Å². The molecule has 4 aromatic heterocycles. The van der Waals surface area contributed by atoms with Crippen LogP contribution in [0.1, 0.15) is 15.9 Å². The molecule has 5 rings (SSSR count). The third kappa shape index (κ3) is 2.75. The van der Waals surface area contributed by atoms with Crippen molar-refractivity contribution in [2.45, 2.75) is 6.92 Å². The van der Waals surface area contributed by atoms with Crippen LogP contribution < -0.4 is 5.32 Å². The molecule has 0 spiro atoms. The number of pyridine rings is 2. The van der Waals surface area contributed by atoms with Gasteiger partial charge in [-0.1, -0.05) is 18.2 Å². The second-order valence-corrected chi connectivity index (χ2v) is 6.90. The number of rotatable bonds is 3. The lowest BCUT2D eigenvalue weighted by atomic mass is 9.99. The number of hydrogen-bond donors (Lipinski definition) is 3. The predicted octanol–water partition coefficient (Wildman–Crippen LogP) is 3.84. The molecule has 7 nitrogen and oxygen atoms in total. The van der Waals surface area contributed by atoms with Crippen molar-refractivity contribution < 1.29 is 4.79 Å². The molecule has 0 saturated heterocycles. The van der Waals surface area contributed by atoms with Crippen LogP contribution in [0.25, 0.3) is 44.5 Å². The molecule has 29 heavy (non-hydrogen) atoms. The SMILES string of the molecule is CNC(=O)c1cncc(-c2cnc3n[nH]c(-c4cc5ccccc5[nH]4)c3c2)c1C. The molecule has 0 aliphatic heterocycles. The van der Waals surface area contributed by atoms with E-state index in [1.165, 1.54) is 0 Å². The third-order valence-electron chi connectivity index (χ3n) is 5.21. The maximum atomic E-state index is 12.1. The van der Waals surface area contributed by atoms with E-state index in [4.69, 9.17) is 0 Å². The van der Waals surface area contributed by atoms with E-state index in [-0.39, 0.29) is 5.91 Å². The van der Waals surface area contributed by atoms with Gasteiger partial charge in [0.1, 0.15) is 0 Å². The number of carbonyl (C=O) groups is 1. The van der Waals surface area contributed by atoms with Crippen molar-refractivity contribution in [3.63, 3.8) is 0 Å². The van der Waals surface area contributed by atoms with E-state index < -0.39 is 0 Å². The Kier molecular flexibility index (Phi) is 3.87. The van der Waals surface area contributed by atoms with Crippen molar-refractivity contribution >= 4 is 27.8 Å². The van der Waals surface area contributed by atoms with Gasteiger partial charge in [0, 0.05) is 53.1 Å². The molecule has 142 valence electrons. The monoisotopic (exact) mass is 382 g/mol. The summed E-state index contributed by atoms with van der Waals surface area (Å²) in [4.78, 5) is 24.3. The highest BCUT2D eigenvalue weighted by atomic mass is 16.1. The van der Waals surface area contributed by atoms with Crippen LogP contribution in [-0.4, -0.2) is 38.1 Å². The summed E-state index contributed by atoms with van der Waals surface area (Å²) in [5.74, 6) is -0.159. The molecule has 0 atom stereocenters. The fourth-order valence-electron chi connectivity index (χ4n) is 3.64. The number of carbonyl (C=O) groups excluding carboxylic acids is 1. The van der Waals surface area contributed by atoms with Gasteiger partial charge in [-0.2, -0.15) is 5.10 Å². The number of amides is 1. The molecule has 1 amide bonds. The summed E-state index contributed by atoms with van der Waals surface area (Å²) in [6, 6.07) is 12.2. The Balaban J connectivity index is 1.67. The van der Waals surface area contributed by atoms with Crippen LogP contribution in [-0.2, 0) is 0 Å². The number of H-pyrrole nitrogens is 2. The first-order valence-corrected chi connectivity index (χ1v) is 9.25. The number of nitrogens with one attached hydrogen (secondary N) is 3. The Morgan fingerprint density at radius 2 is 1.97 bits per heavy atom. The summed E-state index contributed by atoms with van der Waals surface area (Å²) in [6.45, 7) is 1.92. The van der Waals surface area contributed by atoms with Crippen LogP contribution in [0.2, 0.25) is 0 Å². The van der Waals surface area contributed by atoms with Crippen LogP contribution in [0.3, 0.4) is 0 Å². The zero-order valence-corrected chi connectivity index (χ0v) is 15.9. The van der Waals surface area contributed by atoms with Gasteiger partial charge in [-0.3, -0.25) is 14.9 Å². The van der Waals surface area contributed by atoms with Crippen LogP contribution >= 0.6 is 0 Å². The number of para-hydroxylation sites is 1. The van der Waals surface area contributed by atoms with Crippen LogP contribution in [0, 0.1) is 6.92 Å². The van der Waals surface area contributed by atoms with E-state index in [1.54, 1.807) is 25.6 Å². The van der Waals surface area contributed by atoms with Gasteiger partial charge in [0.15, 0.2) is 5.65 Å². The van der Waals surface area contributed by atoms with Gasteiger partial charge in [0.25, 0.3) is 5.91 Å². The lowest BCUT2D eigenvalue weighted by molar-refractivity contribution is 0.0962. The smallest absolute Gasteiger partial charge is 0.252 e. The maximum absolute atomic E-state index is 12.1. The summed E-state index contributed by atoms with van der Waals surface area (Å²) in [6.07, 6.45) is 5.10. The van der Waals surface area contributed by atoms with Crippen molar-refractivity contribution in [2.24, 2.45) is 0 Å². The predicted molar refractivity (Wildman–Crippen MR) is 113 cm³/mol. The first-order chi connectivity index (χ1) is 14.2. The first-order valence-electron chi connectivity index (χ1n) is 9.25. The Bertz CT molecular complexity index is 1350. The number of aromatic nitrogens is 5. The minimum atomic E-state index is -0.159. The second kappa shape index (κ2) is 6.56. The van der Waals surface area contributed by atoms with Gasteiger partial charge in [-0.25, -0.2) is 4.98 Å². The normalized spacial score (nSPS) is 11.2. The molecule has 5 aromatic rings. The van der Waals surface area contributed by atoms with E-state index in [9.17, 15) is 4.79 Å². The number of benzene rings is 1. The molecule has 0 aliphatic carbocycles. The van der Waals surface area contributed by atoms with Gasteiger partial charge in [0.05, 0.1) is 17.0 Å². The topological polar surface area (TPSA) is 99.3 Å². The molecule has 3 N–H and O–H groups in total. The Hall–Kier alpha value is -4.00. The molecular formula is C22H18N6O. The quantitative estimate of drug-likeness (QED) is 0.441. The minimum absolute atomic E-state index is 0.159. The van der Waals surface area contributed by atoms with Gasteiger partial charge < -0.3 is 10.3 Å². The average molecular weight is 382 g/mol. The fourth-order valence-corrected chi connectivity index (χ4v) is 3.64. The fraction of sp³-hybridized carbons (Fsp3) is 0.0909. The van der Waals surface area contributed by atoms with Crippen molar-refractivity contribution in [3.05, 3.63) is 66.1 Å². The van der Waals surface area contributed by atoms with Gasteiger partial charge >= 0.3 is 0 Å². The molecule has 0 unspecified atom stereocenters. The lowest BCUT2D eigenvalue weighted by Crippen LogP contribution is -2.19. The first kappa shape index (κ1) is 17.1. The summed E-state index contributed by atoms with van der Waals surface area (Å²) in [7, 11) is 1.61. The molecule has 0 bridgehead atoms. The van der Waals surface area contributed by atoms with E-state index in [0.717, 1.165) is 44.4 Å². The minimum Gasteiger partial charge on any atom is -0.355 e. The molecule has 0 aliphatic rings. The van der Waals surface area contributed by atoms with Crippen LogP contribution in [0.4, 0.5) is 0 Å². The summed E-state index contributed by atoms with van der Waals surface area (Å²) < 4.78 is 0. The van der Waals surface area contributed by atoms with E-state index >= 15 is 0 Å². The lowest BCUT2D eigenvalue weighted by Gasteiger charge is -2.10. The summed E-state index contributed by atoms with van der Waals surface area (Å²) in [5.41, 5.74) is 6.67. The number of fused-ring (bicyclic) bond motifs is 2. The van der Waals surface area contributed by atoms with Crippen LogP contribution in [0.5, 0.6) is 0 Å². The third-order valence-corrected chi connectivity index (χ3v) is 5.21. The highest BCUT2D eigenvalue weighted by Crippen LogP contribution is 2.32. The highest BCUT2D eigenvalue weighted by Gasteiger charge is 2.16. The Morgan fingerprint density at radius 1 is 1.10 bits per heavy atom. The van der Waals surface area contributed by atoms with E-state index in [2.05, 4.69) is 42.6 Å². The number of nitrogens with zero attached hydrogens (tertiary/aromatic N) is 3. The number of aromatic amines is 2. The van der Waals surface area contributed by atoms with Gasteiger partial charge in [0.2, 0.25) is 0 Å². The number of hydrogen-bond acceptors (Lipinski definition) is 4. The van der Waals surface area contributed by atoms with E-state index in [1.807, 2.05) is 31.2 Å². The van der Waals surface area contributed by atoms with E-state index in [0.29, 0.717) is 11.2 Å². The highest BCUT2D eigenvalue weighted by molar-refractivity contribution is 5.98. The average Bonchev–Trinajstić information content (AvgIpc) is 3.36. The molecule has 0 fully saturated rings. The largest absolute Gasteiger partial charge is 0.355 e. The molecule has 0 saturated carbocycles. The second-order valence-electron chi connectivity index (χ2n) is 6.90. The summed E-state index contributed by atoms with van der Waals surface area (Å²) >= 11 is 0. The zero-order chi connectivity index (χ0) is 20.0. The molecule has 0 radical (unpaired) electrons. The Morgan fingerprint density at radius 3 is 2.79 bits per heavy atom. The van der Waals surface area contributed by atoms with Crippen molar-refractivity contribution in [1.29, 1.82) is 0 Å². The van der Waals surface area contributed by atoms with Crippen molar-refractivity contribution in [1.82, 2.24) is 30.5 Å². The zero-order valence-electron chi connectivity index (χ0n) is 15.9. The van der Waals surface area contributed by atoms with Crippen molar-refractivity contribution in [2.75, 3.05) is 7.05 Å². The van der Waals surface area contributed by atoms with Gasteiger partial charge in [-0.05, 0) is 30.7 Å². The maximum Gasteiger partial charge on any atom is 0.252 e. The molecule has 7 heteroatoms.